The molecule has 2 heterocycles. The highest BCUT2D eigenvalue weighted by Gasteiger charge is 2.40. The molecule has 1 N–H and O–H groups in total. The molecule has 0 saturated carbocycles. The third kappa shape index (κ3) is 4.02. The number of nitriles is 1. The van der Waals surface area contributed by atoms with Crippen LogP contribution in [-0.2, 0) is 4.74 Å². The zero-order valence-corrected chi connectivity index (χ0v) is 17.8. The highest BCUT2D eigenvalue weighted by atomic mass is 16.6. The maximum Gasteiger partial charge on any atom is 0.410 e. The molecule has 1 aromatic heterocycles. The lowest BCUT2D eigenvalue weighted by atomic mass is 10.0. The molecule has 2 unspecified atom stereocenters. The minimum atomic E-state index is -0.593. The number of aromatic amines is 1. The average molecular weight is 402 g/mol. The molecule has 1 aliphatic heterocycles. The van der Waals surface area contributed by atoms with Crippen LogP contribution in [0.3, 0.4) is 0 Å². The summed E-state index contributed by atoms with van der Waals surface area (Å²) in [6, 6.07) is 14.7. The second kappa shape index (κ2) is 7.49. The number of nitrogens with zero attached hydrogens (tertiary/aromatic N) is 3. The molecule has 6 heteroatoms. The van der Waals surface area contributed by atoms with Gasteiger partial charge in [-0.3, -0.25) is 4.90 Å². The highest BCUT2D eigenvalue weighted by Crippen LogP contribution is 2.36. The summed E-state index contributed by atoms with van der Waals surface area (Å²) in [6.07, 6.45) is 1.92. The number of ether oxygens (including phenoxy) is 1. The van der Waals surface area contributed by atoms with Crippen LogP contribution in [0.5, 0.6) is 0 Å². The van der Waals surface area contributed by atoms with Crippen LogP contribution >= 0.6 is 0 Å². The number of amides is 1. The summed E-state index contributed by atoms with van der Waals surface area (Å²) < 4.78 is 5.55. The Morgan fingerprint density at radius 1 is 1.23 bits per heavy atom. The number of aromatic nitrogens is 2. The summed E-state index contributed by atoms with van der Waals surface area (Å²) in [5.41, 5.74) is 2.56. The largest absolute Gasteiger partial charge is 0.444 e. The van der Waals surface area contributed by atoms with Crippen molar-refractivity contribution in [2.24, 2.45) is 5.92 Å². The van der Waals surface area contributed by atoms with E-state index in [9.17, 15) is 10.1 Å². The molecule has 3 aromatic rings. The highest BCUT2D eigenvalue weighted by molar-refractivity contribution is 5.87. The second-order valence-electron chi connectivity index (χ2n) is 8.96. The number of benzene rings is 2. The number of imidazole rings is 1. The van der Waals surface area contributed by atoms with Crippen molar-refractivity contribution in [1.29, 1.82) is 5.26 Å². The van der Waals surface area contributed by atoms with E-state index in [0.29, 0.717) is 18.8 Å². The van der Waals surface area contributed by atoms with Crippen molar-refractivity contribution in [3.05, 3.63) is 54.0 Å². The zero-order chi connectivity index (χ0) is 21.5. The molecule has 2 atom stereocenters. The van der Waals surface area contributed by atoms with E-state index in [1.807, 2.05) is 20.8 Å². The molecule has 2 aromatic carbocycles. The third-order valence-electron chi connectivity index (χ3n) is 5.33. The number of hydrogen-bond acceptors (Lipinski definition) is 4. The Balaban J connectivity index is 1.62. The summed E-state index contributed by atoms with van der Waals surface area (Å²) in [6.45, 7) is 7.94. The smallest absolute Gasteiger partial charge is 0.410 e. The Kier molecular flexibility index (Phi) is 4.98. The summed E-state index contributed by atoms with van der Waals surface area (Å²) in [5.74, 6) is 0.442. The van der Waals surface area contributed by atoms with Crippen molar-refractivity contribution >= 4 is 16.9 Å². The molecule has 6 nitrogen and oxygen atoms in total. The van der Waals surface area contributed by atoms with Gasteiger partial charge in [0.2, 0.25) is 0 Å². The van der Waals surface area contributed by atoms with Crippen LogP contribution in [0.15, 0.2) is 42.6 Å². The van der Waals surface area contributed by atoms with Gasteiger partial charge in [0.15, 0.2) is 0 Å². The zero-order valence-electron chi connectivity index (χ0n) is 17.8. The van der Waals surface area contributed by atoms with E-state index in [1.54, 1.807) is 11.1 Å². The van der Waals surface area contributed by atoms with Gasteiger partial charge in [-0.2, -0.15) is 5.26 Å². The van der Waals surface area contributed by atoms with E-state index in [2.05, 4.69) is 59.4 Å². The van der Waals surface area contributed by atoms with Crippen LogP contribution in [0.1, 0.15) is 44.6 Å². The maximum absolute atomic E-state index is 12.7. The lowest BCUT2D eigenvalue weighted by Crippen LogP contribution is -2.37. The number of carbonyl (C=O) groups excluding carboxylic acids is 1. The van der Waals surface area contributed by atoms with E-state index >= 15 is 0 Å². The normalized spacial score (nSPS) is 19.1. The van der Waals surface area contributed by atoms with Crippen molar-refractivity contribution in [1.82, 2.24) is 14.9 Å². The first-order valence-electron chi connectivity index (χ1n) is 10.2. The monoisotopic (exact) mass is 402 g/mol. The maximum atomic E-state index is 12.7. The molecule has 0 spiro atoms. The molecule has 4 rings (SSSR count). The Morgan fingerprint density at radius 2 is 1.97 bits per heavy atom. The van der Waals surface area contributed by atoms with Gasteiger partial charge in [-0.15, -0.1) is 0 Å². The predicted molar refractivity (Wildman–Crippen MR) is 116 cm³/mol. The Labute approximate surface area is 176 Å². The second-order valence-corrected chi connectivity index (χ2v) is 8.96. The van der Waals surface area contributed by atoms with E-state index in [1.165, 1.54) is 10.9 Å². The molecule has 0 aliphatic carbocycles. The van der Waals surface area contributed by atoms with Gasteiger partial charge >= 0.3 is 6.09 Å². The van der Waals surface area contributed by atoms with E-state index in [0.717, 1.165) is 16.6 Å². The van der Waals surface area contributed by atoms with Crippen LogP contribution in [0, 0.1) is 24.2 Å². The minimum Gasteiger partial charge on any atom is -0.444 e. The molecule has 1 fully saturated rings. The number of likely N-dealkylation sites (tertiary alicyclic amines) is 1. The number of hydrogen-bond donors (Lipinski definition) is 1. The predicted octanol–water partition coefficient (Wildman–Crippen LogP) is 5.36. The van der Waals surface area contributed by atoms with Crippen molar-refractivity contribution in [3.8, 4) is 17.3 Å². The topological polar surface area (TPSA) is 82.0 Å². The summed E-state index contributed by atoms with van der Waals surface area (Å²) in [5, 5.41) is 11.8. The van der Waals surface area contributed by atoms with Crippen molar-refractivity contribution in [2.45, 2.75) is 45.8 Å². The minimum absolute atomic E-state index is 0.236. The van der Waals surface area contributed by atoms with E-state index in [-0.39, 0.29) is 12.0 Å². The lowest BCUT2D eigenvalue weighted by Gasteiger charge is -2.27. The molecule has 1 amide bonds. The quantitative estimate of drug-likeness (QED) is 0.625. The van der Waals surface area contributed by atoms with Gasteiger partial charge in [-0.05, 0) is 51.0 Å². The molecule has 0 bridgehead atoms. The third-order valence-corrected chi connectivity index (χ3v) is 5.33. The SMILES string of the molecule is Cc1ccc2cc(-c3cnc(C4CC(C#N)CN4C(=O)OC(C)(C)C)[nH]3)ccc2c1. The first-order valence-corrected chi connectivity index (χ1v) is 10.2. The number of aryl methyl sites for hydroxylation is 1. The Morgan fingerprint density at radius 3 is 2.70 bits per heavy atom. The summed E-state index contributed by atoms with van der Waals surface area (Å²) in [4.78, 5) is 22.2. The van der Waals surface area contributed by atoms with Crippen LogP contribution in [0.4, 0.5) is 4.79 Å². The molecule has 0 radical (unpaired) electrons. The fourth-order valence-electron chi connectivity index (χ4n) is 3.90. The van der Waals surface area contributed by atoms with Gasteiger partial charge in [0.05, 0.1) is 29.9 Å². The number of nitrogens with one attached hydrogen (secondary N) is 1. The lowest BCUT2D eigenvalue weighted by molar-refractivity contribution is 0.0216. The van der Waals surface area contributed by atoms with E-state index < -0.39 is 11.7 Å². The molecular formula is C24H26N4O2. The molecule has 1 saturated heterocycles. The van der Waals surface area contributed by atoms with Gasteiger partial charge in [0, 0.05) is 12.1 Å². The average Bonchev–Trinajstić information content (AvgIpc) is 3.33. The first kappa shape index (κ1) is 20.0. The van der Waals surface area contributed by atoms with Gasteiger partial charge < -0.3 is 9.72 Å². The summed E-state index contributed by atoms with van der Waals surface area (Å²) in [7, 11) is 0. The molecular weight excluding hydrogens is 376 g/mol. The fraction of sp³-hybridized carbons (Fsp3) is 0.375. The van der Waals surface area contributed by atoms with Gasteiger partial charge in [0.1, 0.15) is 11.4 Å². The van der Waals surface area contributed by atoms with Crippen LogP contribution < -0.4 is 0 Å². The van der Waals surface area contributed by atoms with Gasteiger partial charge in [-0.1, -0.05) is 35.9 Å². The molecule has 1 aliphatic rings. The molecule has 154 valence electrons. The Bertz CT molecular complexity index is 1140. The standard InChI is InChI=1S/C24H26N4O2/c1-15-5-6-18-11-19(8-7-17(18)9-15)20-13-26-22(27-20)21-10-16(12-25)14-28(21)23(29)30-24(2,3)4/h5-9,11,13,16,21H,10,14H2,1-4H3,(H,26,27). The van der Waals surface area contributed by atoms with Gasteiger partial charge in [0.25, 0.3) is 0 Å². The van der Waals surface area contributed by atoms with Gasteiger partial charge in [-0.25, -0.2) is 9.78 Å². The first-order chi connectivity index (χ1) is 14.2. The Hall–Kier alpha value is -3.33. The number of carbonyl (C=O) groups is 1. The van der Waals surface area contributed by atoms with Crippen LogP contribution in [0.2, 0.25) is 0 Å². The van der Waals surface area contributed by atoms with Crippen molar-refractivity contribution in [2.75, 3.05) is 6.54 Å². The van der Waals surface area contributed by atoms with Crippen molar-refractivity contribution < 1.29 is 9.53 Å². The number of H-pyrrole nitrogens is 1. The number of fused-ring (bicyclic) bond motifs is 1. The molecule has 30 heavy (non-hydrogen) atoms. The van der Waals surface area contributed by atoms with Crippen LogP contribution in [0.25, 0.3) is 22.0 Å². The van der Waals surface area contributed by atoms with Crippen LogP contribution in [-0.4, -0.2) is 33.1 Å². The van der Waals surface area contributed by atoms with Crippen molar-refractivity contribution in [3.63, 3.8) is 0 Å². The fourth-order valence-corrected chi connectivity index (χ4v) is 3.90. The van der Waals surface area contributed by atoms with E-state index in [4.69, 9.17) is 4.74 Å². The number of rotatable bonds is 2. The summed E-state index contributed by atoms with van der Waals surface area (Å²) >= 11 is 0.